The fraction of sp³-hybridized carbons (Fsp3) is 0.214. The van der Waals surface area contributed by atoms with E-state index in [1.54, 1.807) is 36.4 Å². The monoisotopic (exact) mass is 262 g/mol. The molecule has 98 valence electrons. The second-order valence-electron chi connectivity index (χ2n) is 4.10. The fourth-order valence-electron chi connectivity index (χ4n) is 1.85. The van der Waals surface area contributed by atoms with Gasteiger partial charge in [-0.1, -0.05) is 24.3 Å². The number of halogens is 2. The summed E-state index contributed by atoms with van der Waals surface area (Å²) in [6.45, 7) is -0.242. The van der Waals surface area contributed by atoms with E-state index in [1.165, 1.54) is 0 Å². The average molecular weight is 262 g/mol. The van der Waals surface area contributed by atoms with Gasteiger partial charge in [-0.2, -0.15) is 5.26 Å². The highest BCUT2D eigenvalue weighted by Crippen LogP contribution is 2.26. The van der Waals surface area contributed by atoms with Gasteiger partial charge < -0.3 is 10.4 Å². The summed E-state index contributed by atoms with van der Waals surface area (Å²) >= 11 is 0. The molecule has 0 fully saturated rings. The molecule has 0 amide bonds. The minimum Gasteiger partial charge on any atom is -0.385 e. The van der Waals surface area contributed by atoms with E-state index in [0.29, 0.717) is 11.3 Å². The number of nitrogens with zero attached hydrogens (tertiary/aromatic N) is 1. The van der Waals surface area contributed by atoms with E-state index in [4.69, 9.17) is 10.4 Å². The van der Waals surface area contributed by atoms with Crippen LogP contribution in [0.2, 0.25) is 0 Å². The predicted octanol–water partition coefficient (Wildman–Crippen LogP) is 2.75. The van der Waals surface area contributed by atoms with E-state index < -0.39 is 12.5 Å². The van der Waals surface area contributed by atoms with E-state index in [0.717, 1.165) is 10.8 Å². The van der Waals surface area contributed by atoms with Gasteiger partial charge in [-0.05, 0) is 12.1 Å². The third kappa shape index (κ3) is 2.80. The Morgan fingerprint density at radius 3 is 2.47 bits per heavy atom. The molecule has 0 saturated heterocycles. The number of alkyl halides is 2. The molecule has 0 saturated carbocycles. The van der Waals surface area contributed by atoms with Gasteiger partial charge in [0.05, 0.1) is 11.6 Å². The Kier molecular flexibility index (Phi) is 3.93. The van der Waals surface area contributed by atoms with Crippen molar-refractivity contribution >= 4 is 16.5 Å². The van der Waals surface area contributed by atoms with Gasteiger partial charge in [0.15, 0.2) is 0 Å². The van der Waals surface area contributed by atoms with Crippen molar-refractivity contribution in [2.45, 2.75) is 12.5 Å². The molecule has 3 nitrogen and oxygen atoms in total. The molecule has 0 aliphatic rings. The minimum atomic E-state index is -2.78. The molecule has 0 aliphatic carbocycles. The first-order chi connectivity index (χ1) is 9.13. The number of aliphatic hydroxyl groups excluding tert-OH is 1. The molecule has 2 rings (SSSR count). The Labute approximate surface area is 109 Å². The summed E-state index contributed by atoms with van der Waals surface area (Å²) in [6.07, 6.45) is -4.49. The van der Waals surface area contributed by atoms with E-state index in [-0.39, 0.29) is 6.54 Å². The molecule has 0 radical (unpaired) electrons. The van der Waals surface area contributed by atoms with E-state index in [1.807, 2.05) is 0 Å². The summed E-state index contributed by atoms with van der Waals surface area (Å²) in [6, 6.07) is 12.6. The number of nitriles is 1. The van der Waals surface area contributed by atoms with Crippen molar-refractivity contribution in [3.63, 3.8) is 0 Å². The number of nitrogens with one attached hydrogen (secondary N) is 1. The van der Waals surface area contributed by atoms with Crippen LogP contribution in [0.3, 0.4) is 0 Å². The van der Waals surface area contributed by atoms with Gasteiger partial charge in [0.1, 0.15) is 6.10 Å². The molecule has 1 unspecified atom stereocenters. The molecule has 0 bridgehead atoms. The first-order valence-corrected chi connectivity index (χ1v) is 5.75. The van der Waals surface area contributed by atoms with Crippen molar-refractivity contribution in [2.75, 3.05) is 11.9 Å². The maximum atomic E-state index is 12.2. The van der Waals surface area contributed by atoms with Crippen LogP contribution in [0.4, 0.5) is 14.5 Å². The van der Waals surface area contributed by atoms with Crippen LogP contribution in [0.25, 0.3) is 10.8 Å². The molecule has 0 heterocycles. The second-order valence-corrected chi connectivity index (χ2v) is 4.10. The maximum absolute atomic E-state index is 12.2. The molecule has 2 N–H and O–H groups in total. The predicted molar refractivity (Wildman–Crippen MR) is 69.2 cm³/mol. The standard InChI is InChI=1S/C14H12F2N2O/c15-14(16)13(19)8-18-12-6-5-9(7-17)10-3-1-2-4-11(10)12/h1-6,13-14,18-19H,8H2. The maximum Gasteiger partial charge on any atom is 0.265 e. The molecule has 0 aliphatic heterocycles. The van der Waals surface area contributed by atoms with Crippen molar-refractivity contribution in [1.82, 2.24) is 0 Å². The summed E-state index contributed by atoms with van der Waals surface area (Å²) in [5.74, 6) is 0. The zero-order valence-electron chi connectivity index (χ0n) is 9.98. The zero-order valence-corrected chi connectivity index (χ0v) is 9.98. The Morgan fingerprint density at radius 2 is 1.84 bits per heavy atom. The lowest BCUT2D eigenvalue weighted by Crippen LogP contribution is -2.26. The van der Waals surface area contributed by atoms with Crippen molar-refractivity contribution in [3.05, 3.63) is 42.0 Å². The Balaban J connectivity index is 2.32. The minimum absolute atomic E-state index is 0.242. The molecule has 19 heavy (non-hydrogen) atoms. The largest absolute Gasteiger partial charge is 0.385 e. The van der Waals surface area contributed by atoms with Gasteiger partial charge in [0, 0.05) is 23.0 Å². The summed E-state index contributed by atoms with van der Waals surface area (Å²) in [7, 11) is 0. The van der Waals surface area contributed by atoms with E-state index in [9.17, 15) is 8.78 Å². The van der Waals surface area contributed by atoms with E-state index in [2.05, 4.69) is 11.4 Å². The summed E-state index contributed by atoms with van der Waals surface area (Å²) in [5, 5.41) is 22.4. The number of fused-ring (bicyclic) bond motifs is 1. The van der Waals surface area contributed by atoms with Gasteiger partial charge in [-0.15, -0.1) is 0 Å². The SMILES string of the molecule is N#Cc1ccc(NCC(O)C(F)F)c2ccccc12. The molecular weight excluding hydrogens is 250 g/mol. The molecule has 0 aromatic heterocycles. The van der Waals surface area contributed by atoms with Gasteiger partial charge >= 0.3 is 0 Å². The van der Waals surface area contributed by atoms with Gasteiger partial charge in [-0.3, -0.25) is 0 Å². The molecular formula is C14H12F2N2O. The zero-order chi connectivity index (χ0) is 13.8. The van der Waals surface area contributed by atoms with Crippen molar-refractivity contribution in [3.8, 4) is 6.07 Å². The van der Waals surface area contributed by atoms with Crippen LogP contribution in [0.5, 0.6) is 0 Å². The highest BCUT2D eigenvalue weighted by Gasteiger charge is 2.16. The second kappa shape index (κ2) is 5.63. The summed E-state index contributed by atoms with van der Waals surface area (Å²) in [4.78, 5) is 0. The lowest BCUT2D eigenvalue weighted by molar-refractivity contribution is 0.00386. The molecule has 5 heteroatoms. The van der Waals surface area contributed by atoms with Crippen LogP contribution in [0, 0.1) is 11.3 Å². The Hall–Kier alpha value is -2.19. The third-order valence-corrected chi connectivity index (χ3v) is 2.84. The number of hydrogen-bond donors (Lipinski definition) is 2. The molecule has 1 atom stereocenters. The van der Waals surface area contributed by atoms with Crippen LogP contribution in [-0.4, -0.2) is 24.2 Å². The summed E-state index contributed by atoms with van der Waals surface area (Å²) in [5.41, 5.74) is 1.14. The molecule has 2 aromatic rings. The highest BCUT2D eigenvalue weighted by molar-refractivity contribution is 5.97. The smallest absolute Gasteiger partial charge is 0.265 e. The highest BCUT2D eigenvalue weighted by atomic mass is 19.3. The molecule has 0 spiro atoms. The van der Waals surface area contributed by atoms with Crippen LogP contribution in [0.1, 0.15) is 5.56 Å². The van der Waals surface area contributed by atoms with Gasteiger partial charge in [0.25, 0.3) is 6.43 Å². The first kappa shape index (κ1) is 13.2. The number of rotatable bonds is 4. The Morgan fingerprint density at radius 1 is 1.16 bits per heavy atom. The van der Waals surface area contributed by atoms with Crippen molar-refractivity contribution in [2.24, 2.45) is 0 Å². The first-order valence-electron chi connectivity index (χ1n) is 5.75. The fourth-order valence-corrected chi connectivity index (χ4v) is 1.85. The van der Waals surface area contributed by atoms with Crippen molar-refractivity contribution < 1.29 is 13.9 Å². The van der Waals surface area contributed by atoms with Crippen LogP contribution >= 0.6 is 0 Å². The average Bonchev–Trinajstić information content (AvgIpc) is 2.44. The topological polar surface area (TPSA) is 56.0 Å². The lowest BCUT2D eigenvalue weighted by atomic mass is 10.0. The van der Waals surface area contributed by atoms with Crippen LogP contribution < -0.4 is 5.32 Å². The van der Waals surface area contributed by atoms with Gasteiger partial charge in [-0.25, -0.2) is 8.78 Å². The third-order valence-electron chi connectivity index (χ3n) is 2.84. The number of hydrogen-bond acceptors (Lipinski definition) is 3. The van der Waals surface area contributed by atoms with Gasteiger partial charge in [0.2, 0.25) is 0 Å². The van der Waals surface area contributed by atoms with Crippen LogP contribution in [0.15, 0.2) is 36.4 Å². The van der Waals surface area contributed by atoms with Crippen LogP contribution in [-0.2, 0) is 0 Å². The quantitative estimate of drug-likeness (QED) is 0.890. The van der Waals surface area contributed by atoms with E-state index >= 15 is 0 Å². The molecule has 2 aromatic carbocycles. The van der Waals surface area contributed by atoms with Crippen molar-refractivity contribution in [1.29, 1.82) is 5.26 Å². The lowest BCUT2D eigenvalue weighted by Gasteiger charge is -2.14. The number of aliphatic hydroxyl groups is 1. The normalized spacial score (nSPS) is 12.4. The number of anilines is 1. The summed E-state index contributed by atoms with van der Waals surface area (Å²) < 4.78 is 24.5. The number of benzene rings is 2. The Bertz CT molecular complexity index is 622.